The molecule has 0 atom stereocenters. The van der Waals surface area contributed by atoms with E-state index in [9.17, 15) is 0 Å². The summed E-state index contributed by atoms with van der Waals surface area (Å²) in [6.45, 7) is 2.03. The maximum absolute atomic E-state index is 9.07. The van der Waals surface area contributed by atoms with Gasteiger partial charge in [0.15, 0.2) is 5.82 Å². The van der Waals surface area contributed by atoms with Gasteiger partial charge < -0.3 is 15.7 Å². The summed E-state index contributed by atoms with van der Waals surface area (Å²) >= 11 is 5.86. The molecule has 0 aromatic carbocycles. The van der Waals surface area contributed by atoms with Gasteiger partial charge in [-0.15, -0.1) is 0 Å². The Morgan fingerprint density at radius 3 is 2.75 bits per heavy atom. The van der Waals surface area contributed by atoms with Crippen molar-refractivity contribution in [3.8, 4) is 0 Å². The van der Waals surface area contributed by atoms with Gasteiger partial charge in [-0.3, -0.25) is 0 Å². The summed E-state index contributed by atoms with van der Waals surface area (Å²) in [6.07, 6.45) is 1.95. The molecule has 2 rings (SSSR count). The highest BCUT2D eigenvalue weighted by Crippen LogP contribution is 2.27. The summed E-state index contributed by atoms with van der Waals surface area (Å²) in [5, 5.41) is 9.53. The minimum Gasteiger partial charge on any atom is -0.396 e. The molecule has 1 saturated heterocycles. The Kier molecular flexibility index (Phi) is 3.51. The molecular formula is C11H16ClN3O. The van der Waals surface area contributed by atoms with Gasteiger partial charge in [-0.25, -0.2) is 4.98 Å². The third-order valence-corrected chi connectivity index (χ3v) is 3.25. The second kappa shape index (κ2) is 4.89. The number of halogens is 1. The Labute approximate surface area is 100 Å². The molecule has 1 aliphatic heterocycles. The molecule has 0 radical (unpaired) electrons. The van der Waals surface area contributed by atoms with Crippen LogP contribution in [0.5, 0.6) is 0 Å². The predicted octanol–water partition coefficient (Wildman–Crippen LogP) is 1.53. The molecule has 4 nitrogen and oxygen atoms in total. The number of rotatable bonds is 2. The Balaban J connectivity index is 2.10. The number of aliphatic hydroxyl groups is 1. The number of anilines is 2. The molecule has 0 aliphatic carbocycles. The van der Waals surface area contributed by atoms with Crippen molar-refractivity contribution in [3.05, 3.63) is 17.3 Å². The van der Waals surface area contributed by atoms with Crippen LogP contribution in [0.1, 0.15) is 12.8 Å². The van der Waals surface area contributed by atoms with Crippen LogP contribution in [0.25, 0.3) is 0 Å². The zero-order valence-corrected chi connectivity index (χ0v) is 9.82. The van der Waals surface area contributed by atoms with Crippen LogP contribution in [-0.2, 0) is 0 Å². The zero-order chi connectivity index (χ0) is 11.5. The van der Waals surface area contributed by atoms with Crippen molar-refractivity contribution >= 4 is 23.1 Å². The van der Waals surface area contributed by atoms with Gasteiger partial charge in [0.05, 0.1) is 5.69 Å². The maximum atomic E-state index is 9.07. The Hall–Kier alpha value is -1.00. The number of nitrogens with two attached hydrogens (primary N) is 1. The molecule has 1 fully saturated rings. The third kappa shape index (κ3) is 2.39. The van der Waals surface area contributed by atoms with Crippen molar-refractivity contribution in [2.45, 2.75) is 12.8 Å². The first-order chi connectivity index (χ1) is 7.70. The highest BCUT2D eigenvalue weighted by atomic mass is 35.5. The number of hydrogen-bond acceptors (Lipinski definition) is 4. The summed E-state index contributed by atoms with van der Waals surface area (Å²) in [6, 6.07) is 3.48. The van der Waals surface area contributed by atoms with E-state index in [4.69, 9.17) is 22.4 Å². The number of piperidine rings is 1. The maximum Gasteiger partial charge on any atom is 0.153 e. The van der Waals surface area contributed by atoms with E-state index in [-0.39, 0.29) is 6.61 Å². The fourth-order valence-electron chi connectivity index (χ4n) is 2.02. The Morgan fingerprint density at radius 1 is 1.44 bits per heavy atom. The van der Waals surface area contributed by atoms with Gasteiger partial charge in [-0.05, 0) is 30.9 Å². The average molecular weight is 242 g/mol. The molecule has 0 spiro atoms. The lowest BCUT2D eigenvalue weighted by Gasteiger charge is -2.32. The van der Waals surface area contributed by atoms with Gasteiger partial charge >= 0.3 is 0 Å². The molecule has 0 bridgehead atoms. The van der Waals surface area contributed by atoms with E-state index in [0.717, 1.165) is 31.7 Å². The second-order valence-electron chi connectivity index (χ2n) is 4.16. The topological polar surface area (TPSA) is 62.4 Å². The van der Waals surface area contributed by atoms with E-state index in [1.807, 2.05) is 0 Å². The van der Waals surface area contributed by atoms with Gasteiger partial charge in [-0.1, -0.05) is 11.6 Å². The smallest absolute Gasteiger partial charge is 0.153 e. The lowest BCUT2D eigenvalue weighted by atomic mass is 9.98. The molecule has 0 amide bonds. The average Bonchev–Trinajstić information content (AvgIpc) is 2.32. The quantitative estimate of drug-likeness (QED) is 0.771. The molecular weight excluding hydrogens is 226 g/mol. The van der Waals surface area contributed by atoms with Crippen molar-refractivity contribution < 1.29 is 5.11 Å². The van der Waals surface area contributed by atoms with E-state index in [1.165, 1.54) is 0 Å². The normalized spacial score (nSPS) is 17.8. The minimum atomic E-state index is 0.270. The van der Waals surface area contributed by atoms with Crippen LogP contribution in [0.2, 0.25) is 5.15 Å². The molecule has 16 heavy (non-hydrogen) atoms. The number of nitrogen functional groups attached to an aromatic ring is 1. The van der Waals surface area contributed by atoms with Gasteiger partial charge in [0, 0.05) is 19.7 Å². The number of hydrogen-bond donors (Lipinski definition) is 2. The van der Waals surface area contributed by atoms with Crippen LogP contribution in [-0.4, -0.2) is 29.8 Å². The standard InChI is InChI=1S/C11H16ClN3O/c12-10-2-1-9(13)11(14-10)15-5-3-8(7-16)4-6-15/h1-2,8,16H,3-7,13H2. The first kappa shape index (κ1) is 11.5. The molecule has 1 aliphatic rings. The van der Waals surface area contributed by atoms with Crippen molar-refractivity contribution in [1.82, 2.24) is 4.98 Å². The molecule has 0 unspecified atom stereocenters. The van der Waals surface area contributed by atoms with Crippen molar-refractivity contribution in [3.63, 3.8) is 0 Å². The fraction of sp³-hybridized carbons (Fsp3) is 0.545. The number of nitrogens with zero attached hydrogens (tertiary/aromatic N) is 2. The zero-order valence-electron chi connectivity index (χ0n) is 9.06. The first-order valence-electron chi connectivity index (χ1n) is 5.48. The minimum absolute atomic E-state index is 0.270. The lowest BCUT2D eigenvalue weighted by Crippen LogP contribution is -2.35. The number of aliphatic hydroxyl groups excluding tert-OH is 1. The van der Waals surface area contributed by atoms with Crippen molar-refractivity contribution in [2.24, 2.45) is 5.92 Å². The van der Waals surface area contributed by atoms with Crippen LogP contribution in [0, 0.1) is 5.92 Å². The predicted molar refractivity (Wildman–Crippen MR) is 65.7 cm³/mol. The summed E-state index contributed by atoms with van der Waals surface area (Å²) in [5.41, 5.74) is 6.53. The molecule has 5 heteroatoms. The SMILES string of the molecule is Nc1ccc(Cl)nc1N1CCC(CO)CC1. The van der Waals surface area contributed by atoms with Gasteiger partial charge in [0.25, 0.3) is 0 Å². The highest BCUT2D eigenvalue weighted by Gasteiger charge is 2.20. The summed E-state index contributed by atoms with van der Waals surface area (Å²) < 4.78 is 0. The van der Waals surface area contributed by atoms with E-state index < -0.39 is 0 Å². The Bertz CT molecular complexity index is 364. The fourth-order valence-corrected chi connectivity index (χ4v) is 2.16. The third-order valence-electron chi connectivity index (χ3n) is 3.04. The lowest BCUT2D eigenvalue weighted by molar-refractivity contribution is 0.203. The van der Waals surface area contributed by atoms with Crippen LogP contribution >= 0.6 is 11.6 Å². The van der Waals surface area contributed by atoms with Gasteiger partial charge in [0.1, 0.15) is 5.15 Å². The summed E-state index contributed by atoms with van der Waals surface area (Å²) in [4.78, 5) is 6.38. The molecule has 0 saturated carbocycles. The second-order valence-corrected chi connectivity index (χ2v) is 4.55. The molecule has 1 aromatic rings. The largest absolute Gasteiger partial charge is 0.396 e. The van der Waals surface area contributed by atoms with Crippen LogP contribution in [0.15, 0.2) is 12.1 Å². The molecule has 3 N–H and O–H groups in total. The van der Waals surface area contributed by atoms with Crippen molar-refractivity contribution in [1.29, 1.82) is 0 Å². The van der Waals surface area contributed by atoms with E-state index in [2.05, 4.69) is 9.88 Å². The summed E-state index contributed by atoms with van der Waals surface area (Å²) in [7, 11) is 0. The monoisotopic (exact) mass is 241 g/mol. The highest BCUT2D eigenvalue weighted by molar-refractivity contribution is 6.29. The van der Waals surface area contributed by atoms with E-state index >= 15 is 0 Å². The molecule has 2 heterocycles. The van der Waals surface area contributed by atoms with Crippen LogP contribution in [0.4, 0.5) is 11.5 Å². The number of aromatic nitrogens is 1. The van der Waals surface area contributed by atoms with Crippen molar-refractivity contribution in [2.75, 3.05) is 30.3 Å². The molecule has 88 valence electrons. The van der Waals surface area contributed by atoms with Gasteiger partial charge in [-0.2, -0.15) is 0 Å². The first-order valence-corrected chi connectivity index (χ1v) is 5.86. The number of pyridine rings is 1. The van der Waals surface area contributed by atoms with Gasteiger partial charge in [0.2, 0.25) is 0 Å². The van der Waals surface area contributed by atoms with E-state index in [0.29, 0.717) is 16.8 Å². The van der Waals surface area contributed by atoms with E-state index in [1.54, 1.807) is 12.1 Å². The van der Waals surface area contributed by atoms with Crippen LogP contribution in [0.3, 0.4) is 0 Å². The Morgan fingerprint density at radius 2 is 2.12 bits per heavy atom. The summed E-state index contributed by atoms with van der Waals surface area (Å²) in [5.74, 6) is 1.18. The van der Waals surface area contributed by atoms with Crippen LogP contribution < -0.4 is 10.6 Å². The molecule has 1 aromatic heterocycles.